The summed E-state index contributed by atoms with van der Waals surface area (Å²) in [6.07, 6.45) is 2.29. The van der Waals surface area contributed by atoms with E-state index in [2.05, 4.69) is 0 Å². The zero-order valence-corrected chi connectivity index (χ0v) is 9.96. The van der Waals surface area contributed by atoms with E-state index in [0.717, 1.165) is 12.8 Å². The molecule has 0 aliphatic heterocycles. The molecule has 0 aliphatic carbocycles. The van der Waals surface area contributed by atoms with Gasteiger partial charge in [-0.25, -0.2) is 13.6 Å². The number of hydrogen-bond donors (Lipinski definition) is 1. The Balaban J connectivity index is 2.83. The highest BCUT2D eigenvalue weighted by Gasteiger charge is 2.09. The van der Waals surface area contributed by atoms with Crippen LogP contribution in [-0.2, 0) is 10.0 Å². The zero-order valence-electron chi connectivity index (χ0n) is 9.14. The smallest absolute Gasteiger partial charge is 0.238 e. The van der Waals surface area contributed by atoms with E-state index < -0.39 is 10.0 Å². The number of sulfonamides is 1. The fourth-order valence-electron chi connectivity index (χ4n) is 1.31. The molecule has 0 atom stereocenters. The lowest BCUT2D eigenvalue weighted by Gasteiger charge is -2.01. The molecule has 16 heavy (non-hydrogen) atoms. The van der Waals surface area contributed by atoms with Gasteiger partial charge in [0.2, 0.25) is 10.0 Å². The van der Waals surface area contributed by atoms with Gasteiger partial charge in [0.05, 0.1) is 4.90 Å². The van der Waals surface area contributed by atoms with Gasteiger partial charge in [-0.2, -0.15) is 0 Å². The minimum Gasteiger partial charge on any atom is -0.294 e. The molecule has 1 aromatic carbocycles. The second-order valence-corrected chi connectivity index (χ2v) is 5.16. The van der Waals surface area contributed by atoms with Crippen molar-refractivity contribution >= 4 is 15.8 Å². The molecular formula is C11H15NO3S. The topological polar surface area (TPSA) is 77.2 Å². The summed E-state index contributed by atoms with van der Waals surface area (Å²) in [6.45, 7) is 2.01. The molecule has 0 unspecified atom stereocenters. The maximum Gasteiger partial charge on any atom is 0.238 e. The number of carbonyl (C=O) groups excluding carboxylic acids is 1. The van der Waals surface area contributed by atoms with Crippen molar-refractivity contribution in [1.29, 1.82) is 0 Å². The summed E-state index contributed by atoms with van der Waals surface area (Å²) in [6, 6.07) is 5.71. The predicted octanol–water partition coefficient (Wildman–Crippen LogP) is 1.71. The summed E-state index contributed by atoms with van der Waals surface area (Å²) in [5.74, 6) is 0.0304. The van der Waals surface area contributed by atoms with E-state index in [1.54, 1.807) is 0 Å². The highest BCUT2D eigenvalue weighted by molar-refractivity contribution is 7.89. The molecule has 0 heterocycles. The van der Waals surface area contributed by atoms with Gasteiger partial charge in [-0.1, -0.05) is 25.5 Å². The summed E-state index contributed by atoms with van der Waals surface area (Å²) in [5, 5.41) is 4.95. The number of hydrogen-bond acceptors (Lipinski definition) is 3. The van der Waals surface area contributed by atoms with Crippen LogP contribution in [0.15, 0.2) is 29.2 Å². The van der Waals surface area contributed by atoms with Gasteiger partial charge in [0.15, 0.2) is 5.78 Å². The number of carbonyl (C=O) groups is 1. The maximum absolute atomic E-state index is 11.6. The van der Waals surface area contributed by atoms with Gasteiger partial charge < -0.3 is 0 Å². The van der Waals surface area contributed by atoms with Gasteiger partial charge in [0, 0.05) is 12.0 Å². The van der Waals surface area contributed by atoms with Crippen LogP contribution < -0.4 is 5.14 Å². The quantitative estimate of drug-likeness (QED) is 0.797. The Labute approximate surface area is 95.5 Å². The Hall–Kier alpha value is -1.20. The fraction of sp³-hybridized carbons (Fsp3) is 0.364. The first-order valence-corrected chi connectivity index (χ1v) is 6.66. The van der Waals surface area contributed by atoms with Crippen LogP contribution in [0.1, 0.15) is 36.5 Å². The van der Waals surface area contributed by atoms with E-state index >= 15 is 0 Å². The Bertz CT molecular complexity index is 463. The largest absolute Gasteiger partial charge is 0.294 e. The second-order valence-electron chi connectivity index (χ2n) is 3.60. The number of benzene rings is 1. The molecule has 1 aromatic rings. The summed E-state index contributed by atoms with van der Waals surface area (Å²) in [4.78, 5) is 11.6. The highest BCUT2D eigenvalue weighted by Crippen LogP contribution is 2.11. The Kier molecular flexibility index (Phi) is 4.20. The van der Waals surface area contributed by atoms with Crippen LogP contribution in [0.5, 0.6) is 0 Å². The predicted molar refractivity (Wildman–Crippen MR) is 61.7 cm³/mol. The van der Waals surface area contributed by atoms with Crippen LogP contribution in [0.2, 0.25) is 0 Å². The first-order chi connectivity index (χ1) is 7.45. The molecule has 0 spiro atoms. The number of nitrogens with two attached hydrogens (primary N) is 1. The van der Waals surface area contributed by atoms with E-state index in [1.807, 2.05) is 6.92 Å². The number of primary sulfonamides is 1. The average molecular weight is 241 g/mol. The third-order valence-corrected chi connectivity index (χ3v) is 3.19. The molecule has 4 nitrogen and oxygen atoms in total. The molecule has 0 saturated carbocycles. The molecule has 0 radical (unpaired) electrons. The lowest BCUT2D eigenvalue weighted by Crippen LogP contribution is -2.12. The van der Waals surface area contributed by atoms with Gasteiger partial charge in [0.25, 0.3) is 0 Å². The van der Waals surface area contributed by atoms with E-state index in [9.17, 15) is 13.2 Å². The standard InChI is InChI=1S/C11H15NO3S/c1-2-3-4-11(13)9-5-7-10(8-6-9)16(12,14)15/h5-8H,2-4H2,1H3,(H2,12,14,15). The minimum absolute atomic E-state index is 0.0274. The Morgan fingerprint density at radius 1 is 1.25 bits per heavy atom. The van der Waals surface area contributed by atoms with Gasteiger partial charge in [-0.05, 0) is 18.6 Å². The third kappa shape index (κ3) is 3.43. The summed E-state index contributed by atoms with van der Waals surface area (Å²) >= 11 is 0. The lowest BCUT2D eigenvalue weighted by molar-refractivity contribution is 0.0979. The van der Waals surface area contributed by atoms with Crippen molar-refractivity contribution in [1.82, 2.24) is 0 Å². The van der Waals surface area contributed by atoms with Crippen molar-refractivity contribution in [2.75, 3.05) is 0 Å². The van der Waals surface area contributed by atoms with Crippen molar-refractivity contribution < 1.29 is 13.2 Å². The van der Waals surface area contributed by atoms with Gasteiger partial charge in [0.1, 0.15) is 0 Å². The van der Waals surface area contributed by atoms with Crippen LogP contribution in [0.3, 0.4) is 0 Å². The monoisotopic (exact) mass is 241 g/mol. The number of ketones is 1. The van der Waals surface area contributed by atoms with Crippen LogP contribution in [0, 0.1) is 0 Å². The highest BCUT2D eigenvalue weighted by atomic mass is 32.2. The van der Waals surface area contributed by atoms with Crippen molar-refractivity contribution in [2.24, 2.45) is 5.14 Å². The van der Waals surface area contributed by atoms with Gasteiger partial charge in [-0.3, -0.25) is 4.79 Å². The number of unbranched alkanes of at least 4 members (excludes halogenated alkanes) is 1. The Morgan fingerprint density at radius 3 is 2.25 bits per heavy atom. The maximum atomic E-state index is 11.6. The molecule has 0 fully saturated rings. The van der Waals surface area contributed by atoms with E-state index in [4.69, 9.17) is 5.14 Å². The molecule has 2 N–H and O–H groups in total. The zero-order chi connectivity index (χ0) is 12.2. The summed E-state index contributed by atoms with van der Waals surface area (Å²) in [5.41, 5.74) is 0.529. The third-order valence-electron chi connectivity index (χ3n) is 2.26. The first-order valence-electron chi connectivity index (χ1n) is 5.11. The summed E-state index contributed by atoms with van der Waals surface area (Å²) in [7, 11) is -3.67. The van der Waals surface area contributed by atoms with Gasteiger partial charge in [-0.15, -0.1) is 0 Å². The molecule has 0 aromatic heterocycles. The van der Waals surface area contributed by atoms with Gasteiger partial charge >= 0.3 is 0 Å². The Morgan fingerprint density at radius 2 is 1.81 bits per heavy atom. The molecule has 0 aliphatic rings. The van der Waals surface area contributed by atoms with E-state index in [0.29, 0.717) is 12.0 Å². The molecular weight excluding hydrogens is 226 g/mol. The normalized spacial score (nSPS) is 11.4. The minimum atomic E-state index is -3.67. The summed E-state index contributed by atoms with van der Waals surface area (Å²) < 4.78 is 22.0. The SMILES string of the molecule is CCCCC(=O)c1ccc(S(N)(=O)=O)cc1. The fourth-order valence-corrected chi connectivity index (χ4v) is 1.83. The molecule has 5 heteroatoms. The number of rotatable bonds is 5. The lowest BCUT2D eigenvalue weighted by atomic mass is 10.1. The van der Waals surface area contributed by atoms with Crippen molar-refractivity contribution in [2.45, 2.75) is 31.1 Å². The molecule has 1 rings (SSSR count). The van der Waals surface area contributed by atoms with E-state index in [1.165, 1.54) is 24.3 Å². The number of Topliss-reactive ketones (excluding diaryl/α,β-unsaturated/α-hetero) is 1. The molecule has 0 saturated heterocycles. The van der Waals surface area contributed by atoms with E-state index in [-0.39, 0.29) is 10.7 Å². The average Bonchev–Trinajstić information content (AvgIpc) is 2.25. The van der Waals surface area contributed by atoms with Crippen molar-refractivity contribution in [3.05, 3.63) is 29.8 Å². The van der Waals surface area contributed by atoms with Crippen molar-refractivity contribution in [3.8, 4) is 0 Å². The van der Waals surface area contributed by atoms with Crippen LogP contribution in [0.4, 0.5) is 0 Å². The van der Waals surface area contributed by atoms with Crippen LogP contribution in [-0.4, -0.2) is 14.2 Å². The molecule has 0 bridgehead atoms. The van der Waals surface area contributed by atoms with Crippen LogP contribution >= 0.6 is 0 Å². The first kappa shape index (κ1) is 12.9. The second kappa shape index (κ2) is 5.23. The van der Waals surface area contributed by atoms with Crippen molar-refractivity contribution in [3.63, 3.8) is 0 Å². The molecule has 0 amide bonds. The van der Waals surface area contributed by atoms with Crippen LogP contribution in [0.25, 0.3) is 0 Å². The molecule has 88 valence electrons.